The van der Waals surface area contributed by atoms with Crippen LogP contribution in [-0.4, -0.2) is 43.8 Å². The molecular formula is C21H24N6O2. The molecular weight excluding hydrogens is 368 g/mol. The third-order valence-corrected chi connectivity index (χ3v) is 5.02. The molecule has 1 N–H and O–H groups in total. The van der Waals surface area contributed by atoms with E-state index in [1.807, 2.05) is 48.2 Å². The maximum Gasteiger partial charge on any atom is 0.318 e. The highest BCUT2D eigenvalue weighted by Crippen LogP contribution is 2.32. The molecule has 2 amide bonds. The molecule has 2 aromatic heterocycles. The molecule has 29 heavy (non-hydrogen) atoms. The van der Waals surface area contributed by atoms with E-state index < -0.39 is 0 Å². The average Bonchev–Trinajstić information content (AvgIpc) is 3.45. The number of pyridine rings is 1. The maximum atomic E-state index is 12.9. The number of carbonyl (C=O) groups excluding carboxylic acids is 1. The van der Waals surface area contributed by atoms with Crippen LogP contribution in [0.25, 0.3) is 5.82 Å². The summed E-state index contributed by atoms with van der Waals surface area (Å²) in [6.07, 6.45) is 6.70. The molecule has 0 radical (unpaired) electrons. The van der Waals surface area contributed by atoms with Gasteiger partial charge in [0.15, 0.2) is 5.82 Å². The Kier molecular flexibility index (Phi) is 5.69. The number of urea groups is 1. The van der Waals surface area contributed by atoms with Gasteiger partial charge in [-0.15, -0.1) is 0 Å². The zero-order chi connectivity index (χ0) is 20.1. The summed E-state index contributed by atoms with van der Waals surface area (Å²) in [7, 11) is 0. The molecule has 1 unspecified atom stereocenters. The van der Waals surface area contributed by atoms with E-state index in [1.165, 1.54) is 6.33 Å². The van der Waals surface area contributed by atoms with E-state index in [0.29, 0.717) is 19.0 Å². The van der Waals surface area contributed by atoms with Crippen LogP contribution in [0.4, 0.5) is 4.79 Å². The quantitative estimate of drug-likeness (QED) is 0.697. The zero-order valence-electron chi connectivity index (χ0n) is 16.4. The van der Waals surface area contributed by atoms with E-state index in [2.05, 4.69) is 20.4 Å². The van der Waals surface area contributed by atoms with Crippen molar-refractivity contribution in [2.24, 2.45) is 0 Å². The van der Waals surface area contributed by atoms with Gasteiger partial charge in [-0.25, -0.2) is 19.4 Å². The van der Waals surface area contributed by atoms with E-state index in [0.717, 1.165) is 36.3 Å². The van der Waals surface area contributed by atoms with Gasteiger partial charge in [0.05, 0.1) is 12.6 Å². The third kappa shape index (κ3) is 4.21. The predicted molar refractivity (Wildman–Crippen MR) is 108 cm³/mol. The molecule has 1 fully saturated rings. The molecule has 4 rings (SSSR count). The molecule has 3 aromatic rings. The van der Waals surface area contributed by atoms with Gasteiger partial charge >= 0.3 is 6.03 Å². The fraction of sp³-hybridized carbons (Fsp3) is 0.333. The number of rotatable bonds is 6. The minimum absolute atomic E-state index is 0.0743. The van der Waals surface area contributed by atoms with Crippen molar-refractivity contribution in [2.45, 2.75) is 32.4 Å². The van der Waals surface area contributed by atoms with Gasteiger partial charge in [-0.3, -0.25) is 0 Å². The van der Waals surface area contributed by atoms with Crippen molar-refractivity contribution >= 4 is 6.03 Å². The Balaban J connectivity index is 1.43. The largest absolute Gasteiger partial charge is 0.494 e. The monoisotopic (exact) mass is 392 g/mol. The minimum Gasteiger partial charge on any atom is -0.494 e. The molecule has 1 aromatic carbocycles. The third-order valence-electron chi connectivity index (χ3n) is 5.02. The summed E-state index contributed by atoms with van der Waals surface area (Å²) in [5, 5.41) is 7.17. The number of ether oxygens (including phenoxy) is 1. The summed E-state index contributed by atoms with van der Waals surface area (Å²) < 4.78 is 7.11. The standard InChI is InChI=1S/C21H24N6O2/c1-2-29-18-9-7-16(8-10-18)19-6-4-12-26(19)21(28)24-13-17-5-3-11-23-20(17)27-15-22-14-25-27/h3,5,7-11,14-15,19H,2,4,6,12-13H2,1H3,(H,24,28). The van der Waals surface area contributed by atoms with Gasteiger partial charge in [-0.1, -0.05) is 18.2 Å². The van der Waals surface area contributed by atoms with E-state index >= 15 is 0 Å². The SMILES string of the molecule is CCOc1ccc(C2CCCN2C(=O)NCc2cccnc2-n2cncn2)cc1. The first-order chi connectivity index (χ1) is 14.3. The normalized spacial score (nSPS) is 16.0. The van der Waals surface area contributed by atoms with Crippen LogP contribution in [0.15, 0.2) is 55.2 Å². The highest BCUT2D eigenvalue weighted by molar-refractivity contribution is 5.75. The Morgan fingerprint density at radius 1 is 1.28 bits per heavy atom. The number of nitrogens with one attached hydrogen (secondary N) is 1. The lowest BCUT2D eigenvalue weighted by atomic mass is 10.0. The van der Waals surface area contributed by atoms with Crippen molar-refractivity contribution in [3.63, 3.8) is 0 Å². The van der Waals surface area contributed by atoms with Crippen molar-refractivity contribution in [1.82, 2.24) is 30.0 Å². The Bertz CT molecular complexity index is 942. The first-order valence-corrected chi connectivity index (χ1v) is 9.82. The summed E-state index contributed by atoms with van der Waals surface area (Å²) in [6.45, 7) is 3.72. The highest BCUT2D eigenvalue weighted by atomic mass is 16.5. The van der Waals surface area contributed by atoms with Crippen LogP contribution in [0.2, 0.25) is 0 Å². The fourth-order valence-electron chi connectivity index (χ4n) is 3.67. The smallest absolute Gasteiger partial charge is 0.318 e. The maximum absolute atomic E-state index is 12.9. The van der Waals surface area contributed by atoms with Gasteiger partial charge in [0.1, 0.15) is 18.4 Å². The van der Waals surface area contributed by atoms with Crippen molar-refractivity contribution in [2.75, 3.05) is 13.2 Å². The number of benzene rings is 1. The second-order valence-corrected chi connectivity index (χ2v) is 6.84. The number of amides is 2. The van der Waals surface area contributed by atoms with Crippen LogP contribution in [0.3, 0.4) is 0 Å². The lowest BCUT2D eigenvalue weighted by molar-refractivity contribution is 0.192. The van der Waals surface area contributed by atoms with E-state index in [9.17, 15) is 4.79 Å². The summed E-state index contributed by atoms with van der Waals surface area (Å²) in [4.78, 5) is 23.1. The Labute approximate surface area is 169 Å². The van der Waals surface area contributed by atoms with Crippen LogP contribution in [0.5, 0.6) is 5.75 Å². The average molecular weight is 392 g/mol. The molecule has 0 aliphatic carbocycles. The summed E-state index contributed by atoms with van der Waals surface area (Å²) >= 11 is 0. The summed E-state index contributed by atoms with van der Waals surface area (Å²) in [5.41, 5.74) is 2.01. The van der Waals surface area contributed by atoms with Crippen LogP contribution in [0, 0.1) is 0 Å². The second kappa shape index (κ2) is 8.72. The molecule has 150 valence electrons. The van der Waals surface area contributed by atoms with Gasteiger partial charge in [-0.05, 0) is 43.5 Å². The minimum atomic E-state index is -0.0743. The van der Waals surface area contributed by atoms with Crippen molar-refractivity contribution < 1.29 is 9.53 Å². The van der Waals surface area contributed by atoms with Gasteiger partial charge in [0, 0.05) is 24.8 Å². The van der Waals surface area contributed by atoms with E-state index in [4.69, 9.17) is 4.74 Å². The lowest BCUT2D eigenvalue weighted by Crippen LogP contribution is -2.39. The molecule has 0 saturated carbocycles. The number of carbonyl (C=O) groups is 1. The van der Waals surface area contributed by atoms with Crippen molar-refractivity contribution in [1.29, 1.82) is 0 Å². The highest BCUT2D eigenvalue weighted by Gasteiger charge is 2.30. The molecule has 0 spiro atoms. The van der Waals surface area contributed by atoms with Crippen LogP contribution in [-0.2, 0) is 6.54 Å². The molecule has 0 bridgehead atoms. The molecule has 1 aliphatic heterocycles. The van der Waals surface area contributed by atoms with Crippen molar-refractivity contribution in [3.05, 3.63) is 66.4 Å². The Morgan fingerprint density at radius 3 is 2.90 bits per heavy atom. The Morgan fingerprint density at radius 2 is 2.14 bits per heavy atom. The van der Waals surface area contributed by atoms with Gasteiger partial charge in [0.25, 0.3) is 0 Å². The van der Waals surface area contributed by atoms with E-state index in [1.54, 1.807) is 17.2 Å². The summed E-state index contributed by atoms with van der Waals surface area (Å²) in [6, 6.07) is 11.8. The predicted octanol–water partition coefficient (Wildman–Crippen LogP) is 3.11. The number of hydrogen-bond donors (Lipinski definition) is 1. The second-order valence-electron chi connectivity index (χ2n) is 6.84. The topological polar surface area (TPSA) is 85.2 Å². The molecule has 1 atom stereocenters. The van der Waals surface area contributed by atoms with Gasteiger partial charge in [-0.2, -0.15) is 5.10 Å². The van der Waals surface area contributed by atoms with Gasteiger partial charge < -0.3 is 15.0 Å². The first kappa shape index (κ1) is 18.9. The van der Waals surface area contributed by atoms with E-state index in [-0.39, 0.29) is 12.1 Å². The fourth-order valence-corrected chi connectivity index (χ4v) is 3.67. The number of hydrogen-bond acceptors (Lipinski definition) is 5. The first-order valence-electron chi connectivity index (χ1n) is 9.82. The molecule has 8 nitrogen and oxygen atoms in total. The van der Waals surface area contributed by atoms with Crippen LogP contribution >= 0.6 is 0 Å². The van der Waals surface area contributed by atoms with Crippen molar-refractivity contribution in [3.8, 4) is 11.6 Å². The number of nitrogens with zero attached hydrogens (tertiary/aromatic N) is 5. The molecule has 3 heterocycles. The molecule has 8 heteroatoms. The molecule has 1 saturated heterocycles. The summed E-state index contributed by atoms with van der Waals surface area (Å²) in [5.74, 6) is 1.51. The number of aromatic nitrogens is 4. The zero-order valence-corrected chi connectivity index (χ0v) is 16.4. The van der Waals surface area contributed by atoms with Gasteiger partial charge in [0.2, 0.25) is 0 Å². The molecule has 1 aliphatic rings. The lowest BCUT2D eigenvalue weighted by Gasteiger charge is -2.25. The van der Waals surface area contributed by atoms with Crippen LogP contribution < -0.4 is 10.1 Å². The van der Waals surface area contributed by atoms with Crippen LogP contribution in [0.1, 0.15) is 36.9 Å². The Hall–Kier alpha value is -3.42. The number of likely N-dealkylation sites (tertiary alicyclic amines) is 1.